The van der Waals surface area contributed by atoms with Gasteiger partial charge in [-0.25, -0.2) is 13.1 Å². The molecule has 27 heavy (non-hydrogen) atoms. The number of aryl methyl sites for hydroxylation is 1. The molecule has 6 heteroatoms. The Balaban J connectivity index is 1.76. The summed E-state index contributed by atoms with van der Waals surface area (Å²) in [7, 11) is -3.58. The van der Waals surface area contributed by atoms with Crippen LogP contribution in [0.2, 0.25) is 0 Å². The first-order valence-corrected chi connectivity index (χ1v) is 10.7. The Bertz CT molecular complexity index is 843. The molecule has 1 aliphatic rings. The van der Waals surface area contributed by atoms with Crippen LogP contribution in [0.5, 0.6) is 0 Å². The van der Waals surface area contributed by atoms with Crippen LogP contribution < -0.4 is 4.72 Å². The molecular formula is C21H26N2O3S. The van der Waals surface area contributed by atoms with Gasteiger partial charge >= 0.3 is 0 Å². The molecule has 1 fully saturated rings. The molecule has 0 aromatic heterocycles. The van der Waals surface area contributed by atoms with Crippen molar-refractivity contribution in [3.63, 3.8) is 0 Å². The number of morpholine rings is 1. The van der Waals surface area contributed by atoms with E-state index in [9.17, 15) is 8.42 Å². The first kappa shape index (κ1) is 19.8. The van der Waals surface area contributed by atoms with Crippen molar-refractivity contribution in [1.29, 1.82) is 0 Å². The van der Waals surface area contributed by atoms with Gasteiger partial charge in [0.1, 0.15) is 0 Å². The van der Waals surface area contributed by atoms with Crippen LogP contribution in [0, 0.1) is 6.92 Å². The second kappa shape index (κ2) is 9.28. The van der Waals surface area contributed by atoms with Gasteiger partial charge in [-0.15, -0.1) is 0 Å². The smallest absolute Gasteiger partial charge is 0.234 e. The number of nitrogens with one attached hydrogen (secondary N) is 1. The lowest BCUT2D eigenvalue weighted by molar-refractivity contribution is 0.0345. The number of hydrogen-bond donors (Lipinski definition) is 1. The van der Waals surface area contributed by atoms with Crippen molar-refractivity contribution in [3.05, 3.63) is 76.7 Å². The summed E-state index contributed by atoms with van der Waals surface area (Å²) in [4.78, 5) is 2.23. The second-order valence-corrected chi connectivity index (χ2v) is 8.35. The van der Waals surface area contributed by atoms with Gasteiger partial charge < -0.3 is 4.74 Å². The maximum atomic E-state index is 12.7. The SMILES string of the molecule is Cc1ccc([C@@H](CN2CCOCC2)NS(=O)(=O)/C=C/c2ccccc2)cc1. The van der Waals surface area contributed by atoms with Gasteiger partial charge in [0, 0.05) is 25.0 Å². The molecule has 1 atom stereocenters. The Labute approximate surface area is 161 Å². The number of rotatable bonds is 7. The Hall–Kier alpha value is -1.99. The summed E-state index contributed by atoms with van der Waals surface area (Å²) in [5.74, 6) is 0. The molecule has 0 bridgehead atoms. The number of sulfonamides is 1. The predicted molar refractivity (Wildman–Crippen MR) is 109 cm³/mol. The standard InChI is InChI=1S/C21H26N2O3S/c1-18-7-9-20(10-8-18)21(17-23-12-14-26-15-13-23)22-27(24,25)16-11-19-5-3-2-4-6-19/h2-11,16,21-22H,12-15,17H2,1H3/b16-11+/t21-/m1/s1. The van der Waals surface area contributed by atoms with E-state index in [0.717, 1.165) is 29.8 Å². The molecule has 1 saturated heterocycles. The highest BCUT2D eigenvalue weighted by atomic mass is 32.2. The van der Waals surface area contributed by atoms with E-state index in [1.807, 2.05) is 61.5 Å². The van der Waals surface area contributed by atoms with E-state index in [1.165, 1.54) is 5.41 Å². The molecule has 1 aliphatic heterocycles. The van der Waals surface area contributed by atoms with Crippen LogP contribution in [-0.4, -0.2) is 46.2 Å². The van der Waals surface area contributed by atoms with Crippen molar-refractivity contribution in [1.82, 2.24) is 9.62 Å². The van der Waals surface area contributed by atoms with Gasteiger partial charge in [-0.05, 0) is 24.1 Å². The van der Waals surface area contributed by atoms with Crippen LogP contribution in [0.4, 0.5) is 0 Å². The van der Waals surface area contributed by atoms with Gasteiger partial charge in [0.25, 0.3) is 0 Å². The molecule has 0 radical (unpaired) electrons. The average Bonchev–Trinajstić information content (AvgIpc) is 2.68. The quantitative estimate of drug-likeness (QED) is 0.795. The molecule has 2 aromatic rings. The Morgan fingerprint density at radius 3 is 2.41 bits per heavy atom. The first-order valence-electron chi connectivity index (χ1n) is 9.14. The van der Waals surface area contributed by atoms with Crippen molar-refractivity contribution < 1.29 is 13.2 Å². The highest BCUT2D eigenvalue weighted by Gasteiger charge is 2.22. The number of hydrogen-bond acceptors (Lipinski definition) is 4. The van der Waals surface area contributed by atoms with Gasteiger partial charge in [-0.3, -0.25) is 4.90 Å². The molecule has 5 nitrogen and oxygen atoms in total. The molecule has 3 rings (SSSR count). The van der Waals surface area contributed by atoms with Crippen LogP contribution in [-0.2, 0) is 14.8 Å². The van der Waals surface area contributed by atoms with Crippen molar-refractivity contribution in [2.45, 2.75) is 13.0 Å². The fourth-order valence-corrected chi connectivity index (χ4v) is 4.04. The van der Waals surface area contributed by atoms with E-state index in [2.05, 4.69) is 9.62 Å². The molecule has 144 valence electrons. The lowest BCUT2D eigenvalue weighted by atomic mass is 10.1. The maximum Gasteiger partial charge on any atom is 0.234 e. The maximum absolute atomic E-state index is 12.7. The van der Waals surface area contributed by atoms with Crippen molar-refractivity contribution >= 4 is 16.1 Å². The molecular weight excluding hydrogens is 360 g/mol. The highest BCUT2D eigenvalue weighted by Crippen LogP contribution is 2.18. The minimum Gasteiger partial charge on any atom is -0.379 e. The fourth-order valence-electron chi connectivity index (χ4n) is 3.02. The van der Waals surface area contributed by atoms with Crippen LogP contribution in [0.15, 0.2) is 60.0 Å². The van der Waals surface area contributed by atoms with Gasteiger partial charge in [-0.2, -0.15) is 0 Å². The molecule has 0 aliphatic carbocycles. The van der Waals surface area contributed by atoms with E-state index in [1.54, 1.807) is 6.08 Å². The molecule has 0 unspecified atom stereocenters. The van der Waals surface area contributed by atoms with E-state index in [4.69, 9.17) is 4.74 Å². The van der Waals surface area contributed by atoms with Gasteiger partial charge in [-0.1, -0.05) is 60.2 Å². The summed E-state index contributed by atoms with van der Waals surface area (Å²) < 4.78 is 33.6. The lowest BCUT2D eigenvalue weighted by Gasteiger charge is -2.30. The monoisotopic (exact) mass is 386 g/mol. The van der Waals surface area contributed by atoms with Crippen molar-refractivity contribution in [2.75, 3.05) is 32.8 Å². The lowest BCUT2D eigenvalue weighted by Crippen LogP contribution is -2.42. The number of benzene rings is 2. The Kier molecular flexibility index (Phi) is 6.79. The van der Waals surface area contributed by atoms with E-state index in [0.29, 0.717) is 19.8 Å². The summed E-state index contributed by atoms with van der Waals surface area (Å²) in [6.07, 6.45) is 1.61. The van der Waals surface area contributed by atoms with Crippen LogP contribution in [0.25, 0.3) is 6.08 Å². The molecule has 2 aromatic carbocycles. The van der Waals surface area contributed by atoms with Crippen molar-refractivity contribution in [2.24, 2.45) is 0 Å². The zero-order valence-electron chi connectivity index (χ0n) is 15.5. The van der Waals surface area contributed by atoms with Gasteiger partial charge in [0.05, 0.1) is 19.3 Å². The molecule has 0 amide bonds. The summed E-state index contributed by atoms with van der Waals surface area (Å²) in [5.41, 5.74) is 2.96. The third-order valence-corrected chi connectivity index (χ3v) is 5.68. The summed E-state index contributed by atoms with van der Waals surface area (Å²) in [5, 5.41) is 1.24. The van der Waals surface area contributed by atoms with E-state index in [-0.39, 0.29) is 6.04 Å². The molecule has 1 N–H and O–H groups in total. The summed E-state index contributed by atoms with van der Waals surface area (Å²) in [6.45, 7) is 5.62. The first-order chi connectivity index (χ1) is 13.0. The molecule has 1 heterocycles. The number of ether oxygens (including phenoxy) is 1. The zero-order valence-corrected chi connectivity index (χ0v) is 16.4. The topological polar surface area (TPSA) is 58.6 Å². The summed E-state index contributed by atoms with van der Waals surface area (Å²) >= 11 is 0. The third-order valence-electron chi connectivity index (χ3n) is 4.57. The number of nitrogens with zero attached hydrogens (tertiary/aromatic N) is 1. The third kappa shape index (κ3) is 6.29. The fraction of sp³-hybridized carbons (Fsp3) is 0.333. The van der Waals surface area contributed by atoms with Gasteiger partial charge in [0.2, 0.25) is 10.0 Å². The van der Waals surface area contributed by atoms with Crippen LogP contribution in [0.1, 0.15) is 22.7 Å². The zero-order chi connectivity index (χ0) is 19.1. The minimum atomic E-state index is -3.58. The Morgan fingerprint density at radius 1 is 1.07 bits per heavy atom. The van der Waals surface area contributed by atoms with Crippen LogP contribution in [0.3, 0.4) is 0 Å². The van der Waals surface area contributed by atoms with Crippen molar-refractivity contribution in [3.8, 4) is 0 Å². The largest absolute Gasteiger partial charge is 0.379 e. The van der Waals surface area contributed by atoms with Gasteiger partial charge in [0.15, 0.2) is 0 Å². The second-order valence-electron chi connectivity index (χ2n) is 6.75. The van der Waals surface area contributed by atoms with Crippen LogP contribution >= 0.6 is 0 Å². The molecule has 0 saturated carbocycles. The normalized spacial score (nSPS) is 17.2. The summed E-state index contributed by atoms with van der Waals surface area (Å²) in [6, 6.07) is 17.1. The molecule has 0 spiro atoms. The minimum absolute atomic E-state index is 0.311. The average molecular weight is 387 g/mol. The highest BCUT2D eigenvalue weighted by molar-refractivity contribution is 7.92. The Morgan fingerprint density at radius 2 is 1.74 bits per heavy atom. The predicted octanol–water partition coefficient (Wildman–Crippen LogP) is 2.96. The van der Waals surface area contributed by atoms with E-state index < -0.39 is 10.0 Å². The van der Waals surface area contributed by atoms with E-state index >= 15 is 0 Å².